The van der Waals surface area contributed by atoms with Crippen molar-refractivity contribution in [2.45, 2.75) is 37.6 Å². The second-order valence-corrected chi connectivity index (χ2v) is 3.20. The van der Waals surface area contributed by atoms with Crippen molar-refractivity contribution in [3.63, 3.8) is 0 Å². The van der Waals surface area contributed by atoms with E-state index in [1.165, 1.54) is 0 Å². The molecule has 0 aromatic rings. The molecule has 5 atom stereocenters. The van der Waals surface area contributed by atoms with Crippen molar-refractivity contribution in [1.29, 1.82) is 0 Å². The van der Waals surface area contributed by atoms with Crippen molar-refractivity contribution < 1.29 is 24.8 Å². The van der Waals surface area contributed by atoms with E-state index in [0.29, 0.717) is 0 Å². The summed E-state index contributed by atoms with van der Waals surface area (Å²) in [4.78, 5) is 0. The van der Waals surface area contributed by atoms with Crippen molar-refractivity contribution in [1.82, 2.24) is 0 Å². The van der Waals surface area contributed by atoms with Gasteiger partial charge in [0.05, 0.1) is 6.10 Å². The molecule has 0 spiro atoms. The van der Waals surface area contributed by atoms with Crippen molar-refractivity contribution in [2.24, 2.45) is 0 Å². The van der Waals surface area contributed by atoms with E-state index in [1.807, 2.05) is 0 Å². The summed E-state index contributed by atoms with van der Waals surface area (Å²) in [6, 6.07) is 0. The Labute approximate surface area is 82.3 Å². The first kappa shape index (κ1) is 11.4. The lowest BCUT2D eigenvalue weighted by atomic mass is 10.0. The third-order valence-electron chi connectivity index (χ3n) is 2.14. The van der Waals surface area contributed by atoms with Crippen LogP contribution in [-0.2, 0) is 9.47 Å². The Bertz CT molecular complexity index is 224. The highest BCUT2D eigenvalue weighted by Crippen LogP contribution is 2.21. The first-order valence-electron chi connectivity index (χ1n) is 4.32. The van der Waals surface area contributed by atoms with Crippen molar-refractivity contribution in [3.8, 4) is 12.3 Å². The standard InChI is InChI=1S/C9H14O5/c1-3-4-13-9-8(12)7(11)6(10)5(2)14-9/h1,5-12H,4H2,2H3/t5?,6-,7-,8?,9+/m0/s1. The molecule has 1 aliphatic heterocycles. The van der Waals surface area contributed by atoms with Crippen LogP contribution in [0.2, 0.25) is 0 Å². The van der Waals surface area contributed by atoms with Crippen LogP contribution in [0.3, 0.4) is 0 Å². The van der Waals surface area contributed by atoms with Gasteiger partial charge in [0.25, 0.3) is 0 Å². The Morgan fingerprint density at radius 3 is 2.50 bits per heavy atom. The predicted octanol–water partition coefficient (Wildman–Crippen LogP) is -1.54. The topological polar surface area (TPSA) is 79.2 Å². The van der Waals surface area contributed by atoms with Crippen LogP contribution in [0.1, 0.15) is 6.92 Å². The lowest BCUT2D eigenvalue weighted by Gasteiger charge is -2.38. The Morgan fingerprint density at radius 2 is 1.93 bits per heavy atom. The number of hydrogen-bond acceptors (Lipinski definition) is 5. The van der Waals surface area contributed by atoms with Gasteiger partial charge in [0.1, 0.15) is 24.9 Å². The van der Waals surface area contributed by atoms with Gasteiger partial charge >= 0.3 is 0 Å². The molecule has 0 saturated carbocycles. The quantitative estimate of drug-likeness (QED) is 0.473. The minimum absolute atomic E-state index is 0.0166. The van der Waals surface area contributed by atoms with Crippen LogP contribution < -0.4 is 0 Å². The number of hydrogen-bond donors (Lipinski definition) is 3. The molecule has 0 radical (unpaired) electrons. The van der Waals surface area contributed by atoms with Gasteiger partial charge in [0.2, 0.25) is 0 Å². The predicted molar refractivity (Wildman–Crippen MR) is 47.1 cm³/mol. The van der Waals surface area contributed by atoms with Crippen LogP contribution in [0.4, 0.5) is 0 Å². The van der Waals surface area contributed by atoms with Crippen LogP contribution >= 0.6 is 0 Å². The number of terminal acetylenes is 1. The van der Waals surface area contributed by atoms with Crippen LogP contribution in [0.15, 0.2) is 0 Å². The van der Waals surface area contributed by atoms with Crippen LogP contribution in [0.25, 0.3) is 0 Å². The van der Waals surface area contributed by atoms with Gasteiger partial charge in [-0.15, -0.1) is 6.42 Å². The fourth-order valence-electron chi connectivity index (χ4n) is 1.28. The first-order chi connectivity index (χ1) is 6.57. The lowest BCUT2D eigenvalue weighted by Crippen LogP contribution is -2.57. The summed E-state index contributed by atoms with van der Waals surface area (Å²) in [5.41, 5.74) is 0. The highest BCUT2D eigenvalue weighted by atomic mass is 16.7. The monoisotopic (exact) mass is 202 g/mol. The molecule has 80 valence electrons. The minimum Gasteiger partial charge on any atom is -0.388 e. The molecule has 5 nitrogen and oxygen atoms in total. The zero-order valence-electron chi connectivity index (χ0n) is 7.83. The highest BCUT2D eigenvalue weighted by Gasteiger charge is 2.42. The average Bonchev–Trinajstić information content (AvgIpc) is 2.18. The zero-order valence-corrected chi connectivity index (χ0v) is 7.83. The molecule has 3 N–H and O–H groups in total. The molecular formula is C9H14O5. The molecule has 1 fully saturated rings. The first-order valence-corrected chi connectivity index (χ1v) is 4.32. The second-order valence-electron chi connectivity index (χ2n) is 3.20. The molecule has 14 heavy (non-hydrogen) atoms. The molecule has 1 rings (SSSR count). The van der Waals surface area contributed by atoms with E-state index in [1.54, 1.807) is 6.92 Å². The Morgan fingerprint density at radius 1 is 1.29 bits per heavy atom. The summed E-state index contributed by atoms with van der Waals surface area (Å²) in [6.07, 6.45) is -0.298. The fourth-order valence-corrected chi connectivity index (χ4v) is 1.28. The van der Waals surface area contributed by atoms with Gasteiger partial charge in [0.15, 0.2) is 6.29 Å². The number of aliphatic hydroxyl groups is 3. The van der Waals surface area contributed by atoms with E-state index in [9.17, 15) is 15.3 Å². The zero-order chi connectivity index (χ0) is 10.7. The lowest BCUT2D eigenvalue weighted by molar-refractivity contribution is -0.289. The molecule has 5 heteroatoms. The molecule has 1 aliphatic rings. The molecule has 0 bridgehead atoms. The molecule has 0 aromatic carbocycles. The highest BCUT2D eigenvalue weighted by molar-refractivity contribution is 4.89. The maximum absolute atomic E-state index is 9.42. The summed E-state index contributed by atoms with van der Waals surface area (Å²) in [5, 5.41) is 28.1. The maximum Gasteiger partial charge on any atom is 0.187 e. The van der Waals surface area contributed by atoms with E-state index < -0.39 is 30.7 Å². The van der Waals surface area contributed by atoms with Gasteiger partial charge in [0, 0.05) is 0 Å². The summed E-state index contributed by atoms with van der Waals surface area (Å²) >= 11 is 0. The van der Waals surface area contributed by atoms with E-state index in [0.717, 1.165) is 0 Å². The molecule has 0 aliphatic carbocycles. The van der Waals surface area contributed by atoms with E-state index in [4.69, 9.17) is 15.9 Å². The van der Waals surface area contributed by atoms with Gasteiger partial charge in [-0.1, -0.05) is 5.92 Å². The number of rotatable bonds is 2. The summed E-state index contributed by atoms with van der Waals surface area (Å²) < 4.78 is 10.1. The average molecular weight is 202 g/mol. The molecule has 0 aromatic heterocycles. The Balaban J connectivity index is 2.57. The van der Waals surface area contributed by atoms with Crippen molar-refractivity contribution in [3.05, 3.63) is 0 Å². The summed E-state index contributed by atoms with van der Waals surface area (Å²) in [7, 11) is 0. The summed E-state index contributed by atoms with van der Waals surface area (Å²) in [6.45, 7) is 1.56. The maximum atomic E-state index is 9.42. The third-order valence-corrected chi connectivity index (χ3v) is 2.14. The smallest absolute Gasteiger partial charge is 0.187 e. The number of aliphatic hydroxyl groups excluding tert-OH is 3. The van der Waals surface area contributed by atoms with Crippen LogP contribution in [-0.4, -0.2) is 52.6 Å². The third kappa shape index (κ3) is 2.23. The van der Waals surface area contributed by atoms with Gasteiger partial charge in [-0.3, -0.25) is 0 Å². The van der Waals surface area contributed by atoms with Gasteiger partial charge in [-0.05, 0) is 6.92 Å². The normalized spacial score (nSPS) is 43.2. The van der Waals surface area contributed by atoms with E-state index in [2.05, 4.69) is 5.92 Å². The second kappa shape index (κ2) is 4.73. The van der Waals surface area contributed by atoms with Gasteiger partial charge < -0.3 is 24.8 Å². The van der Waals surface area contributed by atoms with Crippen molar-refractivity contribution >= 4 is 0 Å². The molecule has 2 unspecified atom stereocenters. The number of ether oxygens (including phenoxy) is 2. The van der Waals surface area contributed by atoms with E-state index >= 15 is 0 Å². The Hall–Kier alpha value is -0.640. The molecular weight excluding hydrogens is 188 g/mol. The van der Waals surface area contributed by atoms with Gasteiger partial charge in [-0.2, -0.15) is 0 Å². The molecule has 0 amide bonds. The summed E-state index contributed by atoms with van der Waals surface area (Å²) in [5.74, 6) is 2.22. The van der Waals surface area contributed by atoms with Crippen LogP contribution in [0.5, 0.6) is 0 Å². The van der Waals surface area contributed by atoms with E-state index in [-0.39, 0.29) is 6.61 Å². The fraction of sp³-hybridized carbons (Fsp3) is 0.778. The SMILES string of the molecule is C#CCO[C@@H]1OC(C)[C@H](O)[C@H](O)C1O. The van der Waals surface area contributed by atoms with Crippen LogP contribution in [0, 0.1) is 12.3 Å². The minimum atomic E-state index is -1.28. The molecule has 1 saturated heterocycles. The van der Waals surface area contributed by atoms with Crippen molar-refractivity contribution in [2.75, 3.05) is 6.61 Å². The largest absolute Gasteiger partial charge is 0.388 e. The van der Waals surface area contributed by atoms with Gasteiger partial charge in [-0.25, -0.2) is 0 Å². The Kier molecular flexibility index (Phi) is 3.86. The molecule has 1 heterocycles.